The number of carbonyl (C=O) groups excluding carboxylic acids is 1. The van der Waals surface area contributed by atoms with Gasteiger partial charge in [0.25, 0.3) is 0 Å². The highest BCUT2D eigenvalue weighted by Gasteiger charge is 2.19. The maximum absolute atomic E-state index is 12.2. The standard InChI is InChI=1S/C18H24O3/c1-13-8-9-16(18(10-13)20-3)17(19)12-21-11-15-7-5-4-6-14(15)2/h4-5,8-10,14-15H,6-7,11-12H2,1-3H3. The van der Waals surface area contributed by atoms with Gasteiger partial charge in [-0.25, -0.2) is 0 Å². The molecule has 0 saturated carbocycles. The van der Waals surface area contributed by atoms with E-state index in [1.54, 1.807) is 7.11 Å². The highest BCUT2D eigenvalue weighted by Crippen LogP contribution is 2.25. The topological polar surface area (TPSA) is 35.5 Å². The maximum atomic E-state index is 12.2. The summed E-state index contributed by atoms with van der Waals surface area (Å²) in [7, 11) is 1.59. The number of Topliss-reactive ketones (excluding diaryl/α,β-unsaturated/α-hetero) is 1. The number of benzene rings is 1. The van der Waals surface area contributed by atoms with Crippen LogP contribution in [0.3, 0.4) is 0 Å². The van der Waals surface area contributed by atoms with Gasteiger partial charge in [-0.2, -0.15) is 0 Å². The Hall–Kier alpha value is -1.61. The van der Waals surface area contributed by atoms with E-state index in [4.69, 9.17) is 9.47 Å². The first-order valence-corrected chi connectivity index (χ1v) is 7.52. The molecule has 3 heteroatoms. The van der Waals surface area contributed by atoms with Gasteiger partial charge >= 0.3 is 0 Å². The molecule has 0 aromatic heterocycles. The van der Waals surface area contributed by atoms with Crippen LogP contribution >= 0.6 is 0 Å². The summed E-state index contributed by atoms with van der Waals surface area (Å²) in [6.07, 6.45) is 6.58. The predicted octanol–water partition coefficient (Wildman–Crippen LogP) is 3.81. The SMILES string of the molecule is COc1cc(C)ccc1C(=O)COCC1CC=CCC1C. The smallest absolute Gasteiger partial charge is 0.192 e. The summed E-state index contributed by atoms with van der Waals surface area (Å²) in [4.78, 5) is 12.2. The largest absolute Gasteiger partial charge is 0.496 e. The maximum Gasteiger partial charge on any atom is 0.192 e. The molecule has 1 aromatic carbocycles. The average Bonchev–Trinajstić information content (AvgIpc) is 2.48. The third kappa shape index (κ3) is 4.18. The number of aryl methyl sites for hydroxylation is 1. The van der Waals surface area contributed by atoms with E-state index in [0.717, 1.165) is 18.4 Å². The Labute approximate surface area is 127 Å². The van der Waals surface area contributed by atoms with Crippen LogP contribution in [0.1, 0.15) is 35.7 Å². The first-order chi connectivity index (χ1) is 10.1. The molecule has 1 aliphatic rings. The lowest BCUT2D eigenvalue weighted by Crippen LogP contribution is -2.21. The van der Waals surface area contributed by atoms with E-state index in [-0.39, 0.29) is 12.4 Å². The third-order valence-electron chi connectivity index (χ3n) is 4.14. The molecule has 21 heavy (non-hydrogen) atoms. The second kappa shape index (κ2) is 7.41. The number of methoxy groups -OCH3 is 1. The van der Waals surface area contributed by atoms with E-state index in [9.17, 15) is 4.79 Å². The fourth-order valence-electron chi connectivity index (χ4n) is 2.65. The van der Waals surface area contributed by atoms with Crippen LogP contribution in [0.15, 0.2) is 30.4 Å². The Kier molecular flexibility index (Phi) is 5.57. The molecule has 0 bridgehead atoms. The Bertz CT molecular complexity index is 519. The van der Waals surface area contributed by atoms with Crippen molar-refractivity contribution in [2.45, 2.75) is 26.7 Å². The van der Waals surface area contributed by atoms with Gasteiger partial charge in [0.05, 0.1) is 19.3 Å². The summed E-state index contributed by atoms with van der Waals surface area (Å²) in [5.74, 6) is 1.74. The second-order valence-corrected chi connectivity index (χ2v) is 5.82. The third-order valence-corrected chi connectivity index (χ3v) is 4.14. The summed E-state index contributed by atoms with van der Waals surface area (Å²) in [6.45, 7) is 4.98. The van der Waals surface area contributed by atoms with Gasteiger partial charge in [0.15, 0.2) is 5.78 Å². The van der Waals surface area contributed by atoms with E-state index in [0.29, 0.717) is 29.8 Å². The van der Waals surface area contributed by atoms with Gasteiger partial charge in [0.2, 0.25) is 0 Å². The van der Waals surface area contributed by atoms with Crippen molar-refractivity contribution in [3.8, 4) is 5.75 Å². The zero-order chi connectivity index (χ0) is 15.2. The molecule has 2 atom stereocenters. The van der Waals surface area contributed by atoms with E-state index in [2.05, 4.69) is 19.1 Å². The lowest BCUT2D eigenvalue weighted by molar-refractivity contribution is 0.0600. The van der Waals surface area contributed by atoms with Crippen LogP contribution < -0.4 is 4.74 Å². The van der Waals surface area contributed by atoms with E-state index in [1.807, 2.05) is 25.1 Å². The summed E-state index contributed by atoms with van der Waals surface area (Å²) >= 11 is 0. The van der Waals surface area contributed by atoms with Crippen molar-refractivity contribution < 1.29 is 14.3 Å². The molecular weight excluding hydrogens is 264 g/mol. The van der Waals surface area contributed by atoms with E-state index >= 15 is 0 Å². The summed E-state index contributed by atoms with van der Waals surface area (Å²) in [6, 6.07) is 5.61. The molecule has 2 rings (SSSR count). The molecular formula is C18H24O3. The summed E-state index contributed by atoms with van der Waals surface area (Å²) < 4.78 is 10.9. The second-order valence-electron chi connectivity index (χ2n) is 5.82. The van der Waals surface area contributed by atoms with Crippen molar-refractivity contribution in [1.82, 2.24) is 0 Å². The monoisotopic (exact) mass is 288 g/mol. The molecule has 0 amide bonds. The van der Waals surface area contributed by atoms with Crippen LogP contribution in [0.2, 0.25) is 0 Å². The van der Waals surface area contributed by atoms with Crippen molar-refractivity contribution in [3.05, 3.63) is 41.5 Å². The number of rotatable bonds is 6. The highest BCUT2D eigenvalue weighted by atomic mass is 16.5. The van der Waals surface area contributed by atoms with Gasteiger partial charge in [-0.1, -0.05) is 25.1 Å². The average molecular weight is 288 g/mol. The molecule has 114 valence electrons. The first-order valence-electron chi connectivity index (χ1n) is 7.52. The minimum Gasteiger partial charge on any atom is -0.496 e. The lowest BCUT2D eigenvalue weighted by Gasteiger charge is -2.24. The summed E-state index contributed by atoms with van der Waals surface area (Å²) in [5.41, 5.74) is 1.67. The number of allylic oxidation sites excluding steroid dienone is 2. The van der Waals surface area contributed by atoms with Gasteiger partial charge in [-0.05, 0) is 49.3 Å². The molecule has 1 aliphatic carbocycles. The highest BCUT2D eigenvalue weighted by molar-refractivity contribution is 5.99. The molecule has 0 N–H and O–H groups in total. The predicted molar refractivity (Wildman–Crippen MR) is 83.9 cm³/mol. The first kappa shape index (κ1) is 15.8. The zero-order valence-electron chi connectivity index (χ0n) is 13.1. The van der Waals surface area contributed by atoms with E-state index < -0.39 is 0 Å². The quantitative estimate of drug-likeness (QED) is 0.590. The van der Waals surface area contributed by atoms with Crippen LogP contribution in [0.5, 0.6) is 5.75 Å². The van der Waals surface area contributed by atoms with Crippen LogP contribution in [-0.2, 0) is 4.74 Å². The Morgan fingerprint density at radius 1 is 1.29 bits per heavy atom. The molecule has 1 aromatic rings. The number of ketones is 1. The molecule has 0 aliphatic heterocycles. The molecule has 2 unspecified atom stereocenters. The molecule has 0 spiro atoms. The van der Waals surface area contributed by atoms with Gasteiger partial charge < -0.3 is 9.47 Å². The van der Waals surface area contributed by atoms with Crippen molar-refractivity contribution in [2.24, 2.45) is 11.8 Å². The van der Waals surface area contributed by atoms with Crippen molar-refractivity contribution >= 4 is 5.78 Å². The molecule has 0 fully saturated rings. The van der Waals surface area contributed by atoms with Gasteiger partial charge in [0, 0.05) is 0 Å². The summed E-state index contributed by atoms with van der Waals surface area (Å²) in [5, 5.41) is 0. The molecule has 3 nitrogen and oxygen atoms in total. The minimum absolute atomic E-state index is 0.0224. The lowest BCUT2D eigenvalue weighted by atomic mass is 9.85. The molecule has 0 saturated heterocycles. The number of hydrogen-bond donors (Lipinski definition) is 0. The Morgan fingerprint density at radius 3 is 2.76 bits per heavy atom. The van der Waals surface area contributed by atoms with Gasteiger partial charge in [-0.15, -0.1) is 0 Å². The minimum atomic E-state index is -0.0224. The Morgan fingerprint density at radius 2 is 2.05 bits per heavy atom. The fourth-order valence-corrected chi connectivity index (χ4v) is 2.65. The van der Waals surface area contributed by atoms with Gasteiger partial charge in [-0.3, -0.25) is 4.79 Å². The number of ether oxygens (including phenoxy) is 2. The van der Waals surface area contributed by atoms with Gasteiger partial charge in [0.1, 0.15) is 12.4 Å². The van der Waals surface area contributed by atoms with Crippen LogP contribution in [0.25, 0.3) is 0 Å². The normalized spacial score (nSPS) is 21.3. The van der Waals surface area contributed by atoms with Crippen molar-refractivity contribution in [1.29, 1.82) is 0 Å². The molecule has 0 heterocycles. The van der Waals surface area contributed by atoms with Crippen LogP contribution in [-0.4, -0.2) is 26.1 Å². The number of carbonyl (C=O) groups is 1. The Balaban J connectivity index is 1.89. The van der Waals surface area contributed by atoms with Crippen LogP contribution in [0, 0.1) is 18.8 Å². The molecule has 0 radical (unpaired) electrons. The van der Waals surface area contributed by atoms with Crippen molar-refractivity contribution in [3.63, 3.8) is 0 Å². The van der Waals surface area contributed by atoms with Crippen LogP contribution in [0.4, 0.5) is 0 Å². The zero-order valence-corrected chi connectivity index (χ0v) is 13.1. The van der Waals surface area contributed by atoms with E-state index in [1.165, 1.54) is 0 Å². The van der Waals surface area contributed by atoms with Crippen molar-refractivity contribution in [2.75, 3.05) is 20.3 Å². The number of hydrogen-bond acceptors (Lipinski definition) is 3. The fraction of sp³-hybridized carbons (Fsp3) is 0.500.